The predicted octanol–water partition coefficient (Wildman–Crippen LogP) is 5.43. The fourth-order valence-electron chi connectivity index (χ4n) is 4.02. The van der Waals surface area contributed by atoms with Gasteiger partial charge in [0, 0.05) is 17.3 Å². The topological polar surface area (TPSA) is 49.4 Å². The van der Waals surface area contributed by atoms with Gasteiger partial charge in [-0.15, -0.1) is 11.8 Å². The normalized spacial score (nSPS) is 20.1. The number of hydrogen-bond donors (Lipinski definition) is 1. The molecule has 0 aromatic heterocycles. The Kier molecular flexibility index (Phi) is 5.90. The van der Waals surface area contributed by atoms with Crippen molar-refractivity contribution in [3.05, 3.63) is 59.4 Å². The maximum absolute atomic E-state index is 14.0. The summed E-state index contributed by atoms with van der Waals surface area (Å²) in [5, 5.41) is 2.82. The van der Waals surface area contributed by atoms with Crippen molar-refractivity contribution in [3.8, 4) is 0 Å². The van der Waals surface area contributed by atoms with E-state index >= 15 is 0 Å². The first kappa shape index (κ1) is 20.0. The van der Waals surface area contributed by atoms with Gasteiger partial charge in [0.25, 0.3) is 0 Å². The van der Waals surface area contributed by atoms with E-state index in [9.17, 15) is 14.0 Å². The van der Waals surface area contributed by atoms with Crippen molar-refractivity contribution in [2.75, 3.05) is 16.0 Å². The van der Waals surface area contributed by atoms with E-state index in [1.165, 1.54) is 24.2 Å². The van der Waals surface area contributed by atoms with Crippen molar-refractivity contribution in [1.29, 1.82) is 0 Å². The Labute approximate surface area is 174 Å². The number of carbonyl (C=O) groups is 2. The first-order chi connectivity index (χ1) is 14.0. The second kappa shape index (κ2) is 8.57. The zero-order valence-corrected chi connectivity index (χ0v) is 17.3. The highest BCUT2D eigenvalue weighted by molar-refractivity contribution is 8.00. The summed E-state index contributed by atoms with van der Waals surface area (Å²) in [6.45, 7) is 1.71. The van der Waals surface area contributed by atoms with Gasteiger partial charge in [0.15, 0.2) is 0 Å². The largest absolute Gasteiger partial charge is 0.326 e. The number of rotatable bonds is 4. The molecule has 1 N–H and O–H groups in total. The summed E-state index contributed by atoms with van der Waals surface area (Å²) >= 11 is 1.53. The minimum absolute atomic E-state index is 0.0297. The van der Waals surface area contributed by atoms with Gasteiger partial charge in [-0.2, -0.15) is 0 Å². The van der Waals surface area contributed by atoms with Crippen LogP contribution in [-0.4, -0.2) is 17.6 Å². The summed E-state index contributed by atoms with van der Waals surface area (Å²) in [7, 11) is 0. The molecule has 0 spiro atoms. The van der Waals surface area contributed by atoms with Crippen LogP contribution in [-0.2, 0) is 9.59 Å². The number of carbonyl (C=O) groups excluding carboxylic acids is 2. The average molecular weight is 413 g/mol. The van der Waals surface area contributed by atoms with Crippen molar-refractivity contribution in [2.45, 2.75) is 44.4 Å². The van der Waals surface area contributed by atoms with Crippen molar-refractivity contribution >= 4 is 35.0 Å². The standard InChI is InChI=1S/C23H25FN2O2S/c1-15-7-12-19(13-20(15)24)26-21(27)14-29-23(26)17-8-10-18(11-9-17)25-22(28)16-5-3-2-4-6-16/h7-13,16,23H,2-6,14H2,1H3,(H,25,28)/t23-/m1/s1. The summed E-state index contributed by atoms with van der Waals surface area (Å²) in [5.74, 6) is 0.225. The second-order valence-electron chi connectivity index (χ2n) is 7.81. The van der Waals surface area contributed by atoms with Crippen LogP contribution in [0.3, 0.4) is 0 Å². The Bertz CT molecular complexity index is 910. The number of halogens is 1. The summed E-state index contributed by atoms with van der Waals surface area (Å²) in [4.78, 5) is 26.6. The van der Waals surface area contributed by atoms with Crippen LogP contribution >= 0.6 is 11.8 Å². The summed E-state index contributed by atoms with van der Waals surface area (Å²) in [6, 6.07) is 12.5. The van der Waals surface area contributed by atoms with Crippen molar-refractivity contribution in [3.63, 3.8) is 0 Å². The lowest BCUT2D eigenvalue weighted by Crippen LogP contribution is -2.28. The fraction of sp³-hybridized carbons (Fsp3) is 0.391. The molecule has 1 atom stereocenters. The molecule has 1 saturated carbocycles. The molecule has 0 bridgehead atoms. The monoisotopic (exact) mass is 412 g/mol. The number of hydrogen-bond acceptors (Lipinski definition) is 3. The van der Waals surface area contributed by atoms with Crippen LogP contribution in [0.25, 0.3) is 0 Å². The number of nitrogens with zero attached hydrogens (tertiary/aromatic N) is 1. The molecule has 1 aliphatic heterocycles. The SMILES string of the molecule is Cc1ccc(N2C(=O)CS[C@@H]2c2ccc(NC(=O)C3CCCCC3)cc2)cc1F. The van der Waals surface area contributed by atoms with Crippen LogP contribution in [0.15, 0.2) is 42.5 Å². The smallest absolute Gasteiger partial charge is 0.238 e. The highest BCUT2D eigenvalue weighted by Crippen LogP contribution is 2.42. The van der Waals surface area contributed by atoms with E-state index < -0.39 is 0 Å². The van der Waals surface area contributed by atoms with Crippen LogP contribution < -0.4 is 10.2 Å². The van der Waals surface area contributed by atoms with E-state index in [0.29, 0.717) is 17.0 Å². The lowest BCUT2D eigenvalue weighted by atomic mass is 9.88. The van der Waals surface area contributed by atoms with Crippen molar-refractivity contribution < 1.29 is 14.0 Å². The minimum Gasteiger partial charge on any atom is -0.326 e. The molecule has 4 nitrogen and oxygen atoms in total. The maximum atomic E-state index is 14.0. The molecule has 6 heteroatoms. The third-order valence-corrected chi connectivity index (χ3v) is 6.95. The van der Waals surface area contributed by atoms with Gasteiger partial charge in [0.2, 0.25) is 11.8 Å². The molecular weight excluding hydrogens is 387 g/mol. The molecule has 4 rings (SSSR count). The maximum Gasteiger partial charge on any atom is 0.238 e. The first-order valence-electron chi connectivity index (χ1n) is 10.1. The van der Waals surface area contributed by atoms with Gasteiger partial charge >= 0.3 is 0 Å². The predicted molar refractivity (Wildman–Crippen MR) is 115 cm³/mol. The number of benzene rings is 2. The van der Waals surface area contributed by atoms with Gasteiger partial charge in [-0.3, -0.25) is 14.5 Å². The molecule has 1 heterocycles. The number of amides is 2. The molecule has 2 amide bonds. The lowest BCUT2D eigenvalue weighted by Gasteiger charge is -2.25. The quantitative estimate of drug-likeness (QED) is 0.728. The molecule has 29 heavy (non-hydrogen) atoms. The number of thioether (sulfide) groups is 1. The zero-order chi connectivity index (χ0) is 20.4. The number of anilines is 2. The lowest BCUT2D eigenvalue weighted by molar-refractivity contribution is -0.120. The van der Waals surface area contributed by atoms with E-state index in [1.54, 1.807) is 24.0 Å². The average Bonchev–Trinajstić information content (AvgIpc) is 3.12. The van der Waals surface area contributed by atoms with E-state index in [-0.39, 0.29) is 28.9 Å². The van der Waals surface area contributed by atoms with Crippen molar-refractivity contribution in [1.82, 2.24) is 0 Å². The van der Waals surface area contributed by atoms with Gasteiger partial charge in [0.05, 0.1) is 5.75 Å². The van der Waals surface area contributed by atoms with Gasteiger partial charge in [-0.1, -0.05) is 37.5 Å². The molecular formula is C23H25FN2O2S. The van der Waals surface area contributed by atoms with Gasteiger partial charge in [0.1, 0.15) is 11.2 Å². The molecule has 1 saturated heterocycles. The summed E-state index contributed by atoms with van der Waals surface area (Å²) in [6.07, 6.45) is 5.40. The Hall–Kier alpha value is -2.34. The Morgan fingerprint density at radius 2 is 1.83 bits per heavy atom. The van der Waals surface area contributed by atoms with E-state index in [1.807, 2.05) is 24.3 Å². The fourth-order valence-corrected chi connectivity index (χ4v) is 5.20. The zero-order valence-electron chi connectivity index (χ0n) is 16.5. The van der Waals surface area contributed by atoms with Crippen LogP contribution in [0, 0.1) is 18.7 Å². The first-order valence-corrected chi connectivity index (χ1v) is 11.2. The van der Waals surface area contributed by atoms with Crippen molar-refractivity contribution in [2.24, 2.45) is 5.92 Å². The van der Waals surface area contributed by atoms with Crippen LogP contribution in [0.2, 0.25) is 0 Å². The van der Waals surface area contributed by atoms with Gasteiger partial charge in [-0.25, -0.2) is 4.39 Å². The second-order valence-corrected chi connectivity index (χ2v) is 8.88. The van der Waals surface area contributed by atoms with Crippen LogP contribution in [0.4, 0.5) is 15.8 Å². The summed E-state index contributed by atoms with van der Waals surface area (Å²) < 4.78 is 14.0. The molecule has 0 radical (unpaired) electrons. The third kappa shape index (κ3) is 4.32. The molecule has 0 unspecified atom stereocenters. The molecule has 2 aliphatic rings. The molecule has 152 valence electrons. The molecule has 2 aromatic carbocycles. The van der Waals surface area contributed by atoms with Gasteiger partial charge < -0.3 is 5.32 Å². The molecule has 1 aliphatic carbocycles. The minimum atomic E-state index is -0.313. The molecule has 2 aromatic rings. The van der Waals surface area contributed by atoms with Crippen LogP contribution in [0.1, 0.15) is 48.6 Å². The summed E-state index contributed by atoms with van der Waals surface area (Å²) in [5.41, 5.74) is 2.86. The van der Waals surface area contributed by atoms with Crippen LogP contribution in [0.5, 0.6) is 0 Å². The molecule has 2 fully saturated rings. The Morgan fingerprint density at radius 3 is 2.52 bits per heavy atom. The highest BCUT2D eigenvalue weighted by atomic mass is 32.2. The third-order valence-electron chi connectivity index (χ3n) is 5.74. The van der Waals surface area contributed by atoms with E-state index in [0.717, 1.165) is 36.9 Å². The number of aryl methyl sites for hydroxylation is 1. The Morgan fingerprint density at radius 1 is 1.10 bits per heavy atom. The van der Waals surface area contributed by atoms with E-state index in [4.69, 9.17) is 0 Å². The van der Waals surface area contributed by atoms with E-state index in [2.05, 4.69) is 5.32 Å². The Balaban J connectivity index is 1.49. The van der Waals surface area contributed by atoms with Gasteiger partial charge in [-0.05, 0) is 55.2 Å². The highest BCUT2D eigenvalue weighted by Gasteiger charge is 2.34. The number of nitrogens with one attached hydrogen (secondary N) is 1.